The highest BCUT2D eigenvalue weighted by molar-refractivity contribution is 5.85. The van der Waals surface area contributed by atoms with Crippen LogP contribution < -0.4 is 10.1 Å². The number of benzene rings is 1. The molecule has 1 saturated heterocycles. The molecule has 0 unspecified atom stereocenters. The zero-order valence-electron chi connectivity index (χ0n) is 12.1. The van der Waals surface area contributed by atoms with Gasteiger partial charge < -0.3 is 15.0 Å². The largest absolute Gasteiger partial charge is 0.497 e. The second-order valence-electron chi connectivity index (χ2n) is 4.99. The fraction of sp³-hybridized carbons (Fsp3) is 0.533. The molecular weight excluding hydrogens is 276 g/mol. The third-order valence-electron chi connectivity index (χ3n) is 3.58. The first-order valence-corrected chi connectivity index (χ1v) is 6.84. The van der Waals surface area contributed by atoms with Gasteiger partial charge in [-0.15, -0.1) is 12.4 Å². The quantitative estimate of drug-likeness (QED) is 0.923. The van der Waals surface area contributed by atoms with Crippen molar-refractivity contribution in [3.05, 3.63) is 29.8 Å². The monoisotopic (exact) mass is 298 g/mol. The van der Waals surface area contributed by atoms with E-state index in [1.54, 1.807) is 7.11 Å². The molecular formula is C15H23ClN2O2. The van der Waals surface area contributed by atoms with Crippen molar-refractivity contribution >= 4 is 18.3 Å². The van der Waals surface area contributed by atoms with Crippen LogP contribution in [0, 0.1) is 0 Å². The van der Waals surface area contributed by atoms with Gasteiger partial charge in [0.15, 0.2) is 0 Å². The fourth-order valence-electron chi connectivity index (χ4n) is 2.43. The second kappa shape index (κ2) is 8.12. The van der Waals surface area contributed by atoms with Crippen LogP contribution in [0.5, 0.6) is 5.75 Å². The first kappa shape index (κ1) is 16.8. The van der Waals surface area contributed by atoms with Gasteiger partial charge in [0.25, 0.3) is 0 Å². The molecule has 1 atom stereocenters. The Morgan fingerprint density at radius 2 is 2.30 bits per heavy atom. The number of rotatable bonds is 4. The maximum Gasteiger partial charge on any atom is 0.223 e. The standard InChI is InChI=1S/C15H22N2O2.ClH/c1-12-11-16-8-9-17(12)15(18)7-6-13-4-3-5-14(10-13)19-2;/h3-5,10,12,16H,6-9,11H2,1-2H3;1H/t12-;/m0./s1. The van der Waals surface area contributed by atoms with Gasteiger partial charge in [0.05, 0.1) is 7.11 Å². The molecule has 1 aromatic rings. The number of nitrogens with zero attached hydrogens (tertiary/aromatic N) is 1. The zero-order valence-corrected chi connectivity index (χ0v) is 12.9. The lowest BCUT2D eigenvalue weighted by molar-refractivity contribution is -0.133. The molecule has 1 N–H and O–H groups in total. The number of nitrogens with one attached hydrogen (secondary N) is 1. The summed E-state index contributed by atoms with van der Waals surface area (Å²) in [6.07, 6.45) is 1.34. The van der Waals surface area contributed by atoms with E-state index in [2.05, 4.69) is 12.2 Å². The average molecular weight is 299 g/mol. The number of piperazine rings is 1. The van der Waals surface area contributed by atoms with E-state index >= 15 is 0 Å². The van der Waals surface area contributed by atoms with Crippen LogP contribution in [0.25, 0.3) is 0 Å². The Bertz CT molecular complexity index is 440. The molecule has 0 saturated carbocycles. The molecule has 0 spiro atoms. The lowest BCUT2D eigenvalue weighted by atomic mass is 10.1. The molecule has 0 radical (unpaired) electrons. The number of methoxy groups -OCH3 is 1. The SMILES string of the molecule is COc1cccc(CCC(=O)N2CCNC[C@@H]2C)c1.Cl. The number of hydrogen-bond donors (Lipinski definition) is 1. The number of carbonyl (C=O) groups excluding carboxylic acids is 1. The molecule has 2 rings (SSSR count). The number of halogens is 1. The average Bonchev–Trinajstić information content (AvgIpc) is 2.45. The molecule has 20 heavy (non-hydrogen) atoms. The first-order valence-electron chi connectivity index (χ1n) is 6.84. The third-order valence-corrected chi connectivity index (χ3v) is 3.58. The summed E-state index contributed by atoms with van der Waals surface area (Å²) in [7, 11) is 1.66. The minimum Gasteiger partial charge on any atom is -0.497 e. The van der Waals surface area contributed by atoms with Crippen molar-refractivity contribution in [2.45, 2.75) is 25.8 Å². The van der Waals surface area contributed by atoms with Crippen LogP contribution in [-0.2, 0) is 11.2 Å². The van der Waals surface area contributed by atoms with Gasteiger partial charge >= 0.3 is 0 Å². The Morgan fingerprint density at radius 3 is 3.00 bits per heavy atom. The summed E-state index contributed by atoms with van der Waals surface area (Å²) in [5, 5.41) is 3.30. The predicted octanol–water partition coefficient (Wildman–Crippen LogP) is 1.87. The maximum absolute atomic E-state index is 12.2. The van der Waals surface area contributed by atoms with Crippen LogP contribution in [0.15, 0.2) is 24.3 Å². The van der Waals surface area contributed by atoms with Crippen molar-refractivity contribution in [1.82, 2.24) is 10.2 Å². The molecule has 1 amide bonds. The van der Waals surface area contributed by atoms with Crippen LogP contribution >= 0.6 is 12.4 Å². The third kappa shape index (κ3) is 4.39. The number of hydrogen-bond acceptors (Lipinski definition) is 3. The molecule has 1 aliphatic heterocycles. The Labute approximate surface area is 126 Å². The first-order chi connectivity index (χ1) is 9.20. The highest BCUT2D eigenvalue weighted by Crippen LogP contribution is 2.15. The van der Waals surface area contributed by atoms with Crippen LogP contribution in [0.4, 0.5) is 0 Å². The Morgan fingerprint density at radius 1 is 1.50 bits per heavy atom. The Kier molecular flexibility index (Phi) is 6.82. The van der Waals surface area contributed by atoms with Gasteiger partial charge in [0.2, 0.25) is 5.91 Å². The molecule has 1 aliphatic rings. The molecule has 0 aliphatic carbocycles. The molecule has 112 valence electrons. The summed E-state index contributed by atoms with van der Waals surface area (Å²) in [4.78, 5) is 14.2. The number of amides is 1. The molecule has 1 heterocycles. The number of carbonyl (C=O) groups is 1. The topological polar surface area (TPSA) is 41.6 Å². The van der Waals surface area contributed by atoms with Crippen molar-refractivity contribution in [1.29, 1.82) is 0 Å². The normalized spacial score (nSPS) is 18.3. The lowest BCUT2D eigenvalue weighted by Crippen LogP contribution is -2.52. The second-order valence-corrected chi connectivity index (χ2v) is 4.99. The molecule has 0 aromatic heterocycles. The van der Waals surface area contributed by atoms with Crippen molar-refractivity contribution in [2.24, 2.45) is 0 Å². The molecule has 5 heteroatoms. The van der Waals surface area contributed by atoms with Gasteiger partial charge in [0.1, 0.15) is 5.75 Å². The summed E-state index contributed by atoms with van der Waals surface area (Å²) in [6.45, 7) is 4.70. The highest BCUT2D eigenvalue weighted by Gasteiger charge is 2.22. The Hall–Kier alpha value is -1.26. The molecule has 4 nitrogen and oxygen atoms in total. The zero-order chi connectivity index (χ0) is 13.7. The van der Waals surface area contributed by atoms with Gasteiger partial charge in [-0.25, -0.2) is 0 Å². The van der Waals surface area contributed by atoms with E-state index in [9.17, 15) is 4.79 Å². The van der Waals surface area contributed by atoms with E-state index in [0.29, 0.717) is 12.5 Å². The summed E-state index contributed by atoms with van der Waals surface area (Å²) in [5.74, 6) is 1.09. The van der Waals surface area contributed by atoms with Crippen LogP contribution in [-0.4, -0.2) is 43.6 Å². The van der Waals surface area contributed by atoms with E-state index in [-0.39, 0.29) is 18.3 Å². The predicted molar refractivity (Wildman–Crippen MR) is 82.6 cm³/mol. The van der Waals surface area contributed by atoms with Gasteiger partial charge in [-0.3, -0.25) is 4.79 Å². The smallest absolute Gasteiger partial charge is 0.223 e. The van der Waals surface area contributed by atoms with Gasteiger partial charge in [-0.05, 0) is 31.0 Å². The van der Waals surface area contributed by atoms with E-state index in [0.717, 1.165) is 37.4 Å². The van der Waals surface area contributed by atoms with Crippen LogP contribution in [0.2, 0.25) is 0 Å². The number of ether oxygens (including phenoxy) is 1. The van der Waals surface area contributed by atoms with E-state index in [1.807, 2.05) is 29.2 Å². The van der Waals surface area contributed by atoms with Crippen LogP contribution in [0.1, 0.15) is 18.9 Å². The van der Waals surface area contributed by atoms with Crippen molar-refractivity contribution in [2.75, 3.05) is 26.7 Å². The maximum atomic E-state index is 12.2. The number of aryl methyl sites for hydroxylation is 1. The molecule has 1 aromatic carbocycles. The highest BCUT2D eigenvalue weighted by atomic mass is 35.5. The van der Waals surface area contributed by atoms with E-state index in [1.165, 1.54) is 0 Å². The summed E-state index contributed by atoms with van der Waals surface area (Å²) < 4.78 is 5.19. The molecule has 1 fully saturated rings. The van der Waals surface area contributed by atoms with Crippen molar-refractivity contribution in [3.63, 3.8) is 0 Å². The minimum absolute atomic E-state index is 0. The van der Waals surface area contributed by atoms with Gasteiger partial charge in [-0.1, -0.05) is 12.1 Å². The van der Waals surface area contributed by atoms with Crippen LogP contribution in [0.3, 0.4) is 0 Å². The van der Waals surface area contributed by atoms with E-state index < -0.39 is 0 Å². The fourth-order valence-corrected chi connectivity index (χ4v) is 2.43. The lowest BCUT2D eigenvalue weighted by Gasteiger charge is -2.34. The molecule has 0 bridgehead atoms. The summed E-state index contributed by atoms with van der Waals surface area (Å²) in [6, 6.07) is 8.22. The summed E-state index contributed by atoms with van der Waals surface area (Å²) in [5.41, 5.74) is 1.15. The van der Waals surface area contributed by atoms with Gasteiger partial charge in [0, 0.05) is 32.1 Å². The van der Waals surface area contributed by atoms with Crippen molar-refractivity contribution in [3.8, 4) is 5.75 Å². The van der Waals surface area contributed by atoms with Crippen molar-refractivity contribution < 1.29 is 9.53 Å². The minimum atomic E-state index is 0. The van der Waals surface area contributed by atoms with Gasteiger partial charge in [-0.2, -0.15) is 0 Å². The summed E-state index contributed by atoms with van der Waals surface area (Å²) >= 11 is 0. The Balaban J connectivity index is 0.00000200. The van der Waals surface area contributed by atoms with E-state index in [4.69, 9.17) is 4.74 Å².